The summed E-state index contributed by atoms with van der Waals surface area (Å²) >= 11 is 0. The molecule has 0 spiro atoms. The monoisotopic (exact) mass is 556 g/mol. The van der Waals surface area contributed by atoms with E-state index in [1.54, 1.807) is 18.2 Å². The van der Waals surface area contributed by atoms with Gasteiger partial charge >= 0.3 is 6.18 Å². The molecule has 3 aliphatic rings. The maximum absolute atomic E-state index is 13.5. The zero-order chi connectivity index (χ0) is 26.8. The van der Waals surface area contributed by atoms with E-state index in [0.717, 1.165) is 31.9 Å². The summed E-state index contributed by atoms with van der Waals surface area (Å²) in [5.41, 5.74) is -0.162. The van der Waals surface area contributed by atoms with Gasteiger partial charge in [0.2, 0.25) is 21.9 Å². The van der Waals surface area contributed by atoms with Crippen LogP contribution < -0.4 is 20.3 Å². The fraction of sp³-hybridized carbons (Fsp3) is 0.583. The number of rotatable bonds is 7. The molecule has 0 saturated carbocycles. The lowest BCUT2D eigenvalue weighted by Gasteiger charge is -2.32. The number of ether oxygens (including phenoxy) is 2. The van der Waals surface area contributed by atoms with E-state index in [1.807, 2.05) is 6.07 Å². The first-order valence-electron chi connectivity index (χ1n) is 12.7. The van der Waals surface area contributed by atoms with E-state index in [2.05, 4.69) is 25.5 Å². The van der Waals surface area contributed by atoms with Gasteiger partial charge in [-0.1, -0.05) is 6.07 Å². The van der Waals surface area contributed by atoms with Crippen molar-refractivity contribution in [2.75, 3.05) is 62.7 Å². The highest BCUT2D eigenvalue weighted by molar-refractivity contribution is 7.89. The molecule has 0 amide bonds. The summed E-state index contributed by atoms with van der Waals surface area (Å²) in [6.07, 6.45) is -3.06. The Balaban J connectivity index is 1.23. The van der Waals surface area contributed by atoms with E-state index in [0.29, 0.717) is 32.1 Å². The van der Waals surface area contributed by atoms with Crippen LogP contribution in [0.2, 0.25) is 0 Å². The summed E-state index contributed by atoms with van der Waals surface area (Å²) in [5.74, 6) is -0.521. The average Bonchev–Trinajstić information content (AvgIpc) is 3.42. The van der Waals surface area contributed by atoms with Crippen molar-refractivity contribution in [3.8, 4) is 5.88 Å². The number of halogens is 3. The van der Waals surface area contributed by atoms with E-state index in [1.165, 1.54) is 4.31 Å². The summed E-state index contributed by atoms with van der Waals surface area (Å²) in [5, 5.41) is 6.34. The molecule has 10 nitrogen and oxygen atoms in total. The summed E-state index contributed by atoms with van der Waals surface area (Å²) in [6, 6.07) is 6.81. The van der Waals surface area contributed by atoms with Crippen molar-refractivity contribution >= 4 is 21.7 Å². The topological polar surface area (TPSA) is 109 Å². The fourth-order valence-corrected chi connectivity index (χ4v) is 6.33. The van der Waals surface area contributed by atoms with Gasteiger partial charge in [0.1, 0.15) is 11.7 Å². The van der Waals surface area contributed by atoms with Crippen molar-refractivity contribution in [2.45, 2.75) is 42.5 Å². The van der Waals surface area contributed by atoms with Crippen molar-refractivity contribution in [3.05, 3.63) is 36.0 Å². The molecule has 0 aliphatic carbocycles. The Morgan fingerprint density at radius 2 is 1.87 bits per heavy atom. The predicted octanol–water partition coefficient (Wildman–Crippen LogP) is 2.34. The standard InChI is InChI=1S/C24H31F3N6O4S/c25-24(26,27)21-15-29-23(31-22(21)37-19-6-13-36-16-19)30-17-4-9-33(10-5-17)38(34,35)20-3-1-2-18(14-20)32-11-7-28-8-12-32/h1-3,14-15,17,19,28H,4-13,16H2,(H,29,30,31)/t19-/m0/s1. The molecule has 0 unspecified atom stereocenters. The molecule has 3 saturated heterocycles. The smallest absolute Gasteiger partial charge is 0.423 e. The first kappa shape index (κ1) is 26.9. The molecule has 1 aromatic carbocycles. The van der Waals surface area contributed by atoms with Crippen molar-refractivity contribution in [3.63, 3.8) is 0 Å². The first-order valence-corrected chi connectivity index (χ1v) is 14.2. The molecule has 1 atom stereocenters. The third-order valence-electron chi connectivity index (χ3n) is 6.95. The van der Waals surface area contributed by atoms with Crippen LogP contribution >= 0.6 is 0 Å². The zero-order valence-electron chi connectivity index (χ0n) is 20.8. The maximum Gasteiger partial charge on any atom is 0.423 e. The minimum absolute atomic E-state index is 0.0111. The minimum atomic E-state index is -4.66. The number of hydrogen-bond acceptors (Lipinski definition) is 9. The maximum atomic E-state index is 13.5. The van der Waals surface area contributed by atoms with Crippen molar-refractivity contribution < 1.29 is 31.1 Å². The fourth-order valence-electron chi connectivity index (χ4n) is 4.82. The molecule has 0 bridgehead atoms. The number of piperazine rings is 1. The SMILES string of the molecule is O=S(=O)(c1cccc(N2CCNCC2)c1)N1CCC(Nc2ncc(C(F)(F)F)c(O[C@H]3CCOC3)n2)CC1. The molecule has 38 heavy (non-hydrogen) atoms. The van der Waals surface area contributed by atoms with Crippen LogP contribution in [0.3, 0.4) is 0 Å². The van der Waals surface area contributed by atoms with E-state index < -0.39 is 33.7 Å². The number of sulfonamides is 1. The Kier molecular flexibility index (Phi) is 7.93. The Morgan fingerprint density at radius 3 is 2.55 bits per heavy atom. The molecule has 4 heterocycles. The lowest BCUT2D eigenvalue weighted by molar-refractivity contribution is -0.139. The second-order valence-electron chi connectivity index (χ2n) is 9.57. The van der Waals surface area contributed by atoms with Gasteiger partial charge in [0, 0.05) is 63.6 Å². The van der Waals surface area contributed by atoms with Crippen molar-refractivity contribution in [1.82, 2.24) is 19.6 Å². The molecule has 3 aliphatic heterocycles. The van der Waals surface area contributed by atoms with Crippen LogP contribution in [0.1, 0.15) is 24.8 Å². The summed E-state index contributed by atoms with van der Waals surface area (Å²) in [7, 11) is -3.69. The molecular weight excluding hydrogens is 525 g/mol. The van der Waals surface area contributed by atoms with E-state index >= 15 is 0 Å². The number of alkyl halides is 3. The molecule has 3 fully saturated rings. The van der Waals surface area contributed by atoms with Gasteiger partial charge in [-0.25, -0.2) is 13.4 Å². The largest absolute Gasteiger partial charge is 0.471 e. The van der Waals surface area contributed by atoms with E-state index in [9.17, 15) is 21.6 Å². The molecule has 14 heteroatoms. The molecule has 1 aromatic heterocycles. The number of nitrogens with zero attached hydrogens (tertiary/aromatic N) is 4. The van der Waals surface area contributed by atoms with Crippen LogP contribution in [0.15, 0.2) is 35.4 Å². The Hall–Kier alpha value is -2.68. The van der Waals surface area contributed by atoms with Crippen LogP contribution in [0.5, 0.6) is 5.88 Å². The van der Waals surface area contributed by atoms with Crippen LogP contribution in [0.4, 0.5) is 24.8 Å². The number of aromatic nitrogens is 2. The number of nitrogens with one attached hydrogen (secondary N) is 2. The van der Waals surface area contributed by atoms with Crippen LogP contribution in [-0.4, -0.2) is 87.3 Å². The molecule has 5 rings (SSSR count). The van der Waals surface area contributed by atoms with Gasteiger partial charge in [-0.15, -0.1) is 0 Å². The lowest BCUT2D eigenvalue weighted by atomic mass is 10.1. The minimum Gasteiger partial charge on any atom is -0.471 e. The summed E-state index contributed by atoms with van der Waals surface area (Å²) in [4.78, 5) is 10.3. The second-order valence-corrected chi connectivity index (χ2v) is 11.5. The van der Waals surface area contributed by atoms with E-state index in [4.69, 9.17) is 9.47 Å². The normalized spacial score (nSPS) is 22.0. The number of hydrogen-bond donors (Lipinski definition) is 2. The zero-order valence-corrected chi connectivity index (χ0v) is 21.6. The Bertz CT molecular complexity index is 1210. The second kappa shape index (κ2) is 11.2. The number of anilines is 2. The predicted molar refractivity (Wildman–Crippen MR) is 134 cm³/mol. The molecule has 2 N–H and O–H groups in total. The Labute approximate surface area is 219 Å². The van der Waals surface area contributed by atoms with Gasteiger partial charge < -0.3 is 25.0 Å². The first-order chi connectivity index (χ1) is 18.2. The number of benzene rings is 1. The van der Waals surface area contributed by atoms with Crippen molar-refractivity contribution in [1.29, 1.82) is 0 Å². The Morgan fingerprint density at radius 1 is 1.11 bits per heavy atom. The van der Waals surface area contributed by atoms with Crippen LogP contribution in [-0.2, 0) is 20.9 Å². The van der Waals surface area contributed by atoms with Gasteiger partial charge in [-0.05, 0) is 31.0 Å². The molecule has 208 valence electrons. The van der Waals surface area contributed by atoms with Gasteiger partial charge in [0.05, 0.1) is 18.1 Å². The quantitative estimate of drug-likeness (QED) is 0.531. The highest BCUT2D eigenvalue weighted by atomic mass is 32.2. The lowest BCUT2D eigenvalue weighted by Crippen LogP contribution is -2.44. The van der Waals surface area contributed by atoms with Crippen LogP contribution in [0.25, 0.3) is 0 Å². The number of piperidine rings is 1. The van der Waals surface area contributed by atoms with Gasteiger partial charge in [0.15, 0.2) is 0 Å². The molecule has 2 aromatic rings. The van der Waals surface area contributed by atoms with Crippen LogP contribution in [0, 0.1) is 0 Å². The van der Waals surface area contributed by atoms with Gasteiger partial charge in [0.25, 0.3) is 0 Å². The third kappa shape index (κ3) is 6.14. The van der Waals surface area contributed by atoms with Gasteiger partial charge in [-0.3, -0.25) is 0 Å². The van der Waals surface area contributed by atoms with Gasteiger partial charge in [-0.2, -0.15) is 22.5 Å². The van der Waals surface area contributed by atoms with E-state index in [-0.39, 0.29) is 36.6 Å². The highest BCUT2D eigenvalue weighted by Crippen LogP contribution is 2.36. The third-order valence-corrected chi connectivity index (χ3v) is 8.84. The highest BCUT2D eigenvalue weighted by Gasteiger charge is 2.38. The average molecular weight is 557 g/mol. The summed E-state index contributed by atoms with van der Waals surface area (Å²) in [6.45, 7) is 4.48. The summed E-state index contributed by atoms with van der Waals surface area (Å²) < 4.78 is 79.2. The molecular formula is C24H31F3N6O4S. The molecule has 0 radical (unpaired) electrons. The van der Waals surface area contributed by atoms with Crippen molar-refractivity contribution in [2.24, 2.45) is 0 Å².